The Morgan fingerprint density at radius 3 is 2.45 bits per heavy atom. The van der Waals surface area contributed by atoms with E-state index in [-0.39, 0.29) is 17.1 Å². The van der Waals surface area contributed by atoms with Crippen LogP contribution >= 0.6 is 15.9 Å². The topological polar surface area (TPSA) is 57.7 Å². The summed E-state index contributed by atoms with van der Waals surface area (Å²) in [5.41, 5.74) is 0.580. The molecule has 0 bridgehead atoms. The lowest BCUT2D eigenvalue weighted by Crippen LogP contribution is -2.39. The number of hydrogen-bond acceptors (Lipinski definition) is 3. The first-order valence-corrected chi connectivity index (χ1v) is 7.91. The molecule has 0 spiro atoms. The van der Waals surface area contributed by atoms with Crippen molar-refractivity contribution in [3.63, 3.8) is 0 Å². The van der Waals surface area contributed by atoms with Gasteiger partial charge in [0.1, 0.15) is 5.82 Å². The van der Waals surface area contributed by atoms with E-state index in [0.717, 1.165) is 35.5 Å². The average molecular weight is 369 g/mol. The maximum Gasteiger partial charge on any atom is 0.334 e. The van der Waals surface area contributed by atoms with E-state index in [0.29, 0.717) is 5.56 Å². The van der Waals surface area contributed by atoms with E-state index in [9.17, 15) is 18.8 Å². The zero-order chi connectivity index (χ0) is 15.9. The Morgan fingerprint density at radius 1 is 1.14 bits per heavy atom. The van der Waals surface area contributed by atoms with Gasteiger partial charge in [0.25, 0.3) is 0 Å². The first kappa shape index (κ1) is 15.1. The summed E-state index contributed by atoms with van der Waals surface area (Å²) in [6, 6.07) is 3.50. The van der Waals surface area contributed by atoms with Crippen LogP contribution < -0.4 is 0 Å². The summed E-state index contributed by atoms with van der Waals surface area (Å²) in [5, 5.41) is 0. The highest BCUT2D eigenvalue weighted by atomic mass is 79.9. The van der Waals surface area contributed by atoms with Crippen LogP contribution in [0, 0.1) is 5.82 Å². The fraction of sp³-hybridized carbons (Fsp3) is 0.400. The van der Waals surface area contributed by atoms with Crippen molar-refractivity contribution in [2.45, 2.75) is 38.3 Å². The number of imide groups is 2. The quantitative estimate of drug-likeness (QED) is 0.608. The molecule has 1 aliphatic carbocycles. The Bertz CT molecular complexity index is 658. The second kappa shape index (κ2) is 5.79. The standard InChI is InChI=1S/C15H14BrFN2O3/c16-11-7-9(5-6-12(11)17)8-18-13(20)14(21)19(15(18)22)10-3-1-2-4-10/h5-7,10H,1-4,8H2. The van der Waals surface area contributed by atoms with E-state index in [1.54, 1.807) is 0 Å². The molecule has 0 N–H and O–H groups in total. The molecule has 0 radical (unpaired) electrons. The van der Waals surface area contributed by atoms with Crippen molar-refractivity contribution >= 4 is 33.8 Å². The number of urea groups is 1. The third kappa shape index (κ3) is 2.54. The third-order valence-electron chi connectivity index (χ3n) is 4.10. The number of hydrogen-bond donors (Lipinski definition) is 0. The summed E-state index contributed by atoms with van der Waals surface area (Å²) in [7, 11) is 0. The van der Waals surface area contributed by atoms with Crippen molar-refractivity contribution in [1.29, 1.82) is 0 Å². The SMILES string of the molecule is O=C1C(=O)N(C2CCCC2)C(=O)N1Cc1ccc(F)c(Br)c1. The van der Waals surface area contributed by atoms with Gasteiger partial charge in [0.15, 0.2) is 0 Å². The summed E-state index contributed by atoms with van der Waals surface area (Å²) >= 11 is 3.06. The molecular formula is C15H14BrFN2O3. The number of halogens is 2. The van der Waals surface area contributed by atoms with Gasteiger partial charge in [-0.1, -0.05) is 18.9 Å². The van der Waals surface area contributed by atoms with Gasteiger partial charge in [-0.15, -0.1) is 0 Å². The molecule has 22 heavy (non-hydrogen) atoms. The fourth-order valence-electron chi connectivity index (χ4n) is 2.97. The number of amides is 4. The molecule has 0 aromatic heterocycles. The molecule has 1 aromatic rings. The molecule has 1 aliphatic heterocycles. The van der Waals surface area contributed by atoms with Crippen LogP contribution in [0.2, 0.25) is 0 Å². The highest BCUT2D eigenvalue weighted by Crippen LogP contribution is 2.28. The molecule has 1 aromatic carbocycles. The molecule has 7 heteroatoms. The van der Waals surface area contributed by atoms with Crippen LogP contribution in [-0.4, -0.2) is 33.7 Å². The second-order valence-electron chi connectivity index (χ2n) is 5.54. The normalized spacial score (nSPS) is 19.6. The van der Waals surface area contributed by atoms with Crippen LogP contribution in [0.3, 0.4) is 0 Å². The lowest BCUT2D eigenvalue weighted by Gasteiger charge is -2.21. The number of carbonyl (C=O) groups is 3. The van der Waals surface area contributed by atoms with Gasteiger partial charge in [-0.05, 0) is 46.5 Å². The van der Waals surface area contributed by atoms with Crippen LogP contribution in [0.15, 0.2) is 22.7 Å². The third-order valence-corrected chi connectivity index (χ3v) is 4.71. The van der Waals surface area contributed by atoms with Gasteiger partial charge in [-0.25, -0.2) is 9.18 Å². The van der Waals surface area contributed by atoms with E-state index >= 15 is 0 Å². The lowest BCUT2D eigenvalue weighted by atomic mass is 10.2. The van der Waals surface area contributed by atoms with Crippen molar-refractivity contribution in [3.05, 3.63) is 34.1 Å². The Kier molecular flexibility index (Phi) is 3.99. The van der Waals surface area contributed by atoms with Crippen LogP contribution in [0.1, 0.15) is 31.2 Å². The Morgan fingerprint density at radius 2 is 1.82 bits per heavy atom. The van der Waals surface area contributed by atoms with Crippen molar-refractivity contribution in [1.82, 2.24) is 9.80 Å². The lowest BCUT2D eigenvalue weighted by molar-refractivity contribution is -0.144. The number of carbonyl (C=O) groups excluding carboxylic acids is 3. The highest BCUT2D eigenvalue weighted by Gasteiger charge is 2.47. The predicted octanol–water partition coefficient (Wildman–Crippen LogP) is 2.82. The van der Waals surface area contributed by atoms with E-state index < -0.39 is 23.7 Å². The van der Waals surface area contributed by atoms with Gasteiger partial charge in [0, 0.05) is 6.04 Å². The molecule has 4 amide bonds. The van der Waals surface area contributed by atoms with E-state index in [1.807, 2.05) is 0 Å². The molecular weight excluding hydrogens is 355 g/mol. The Balaban J connectivity index is 1.81. The van der Waals surface area contributed by atoms with E-state index in [2.05, 4.69) is 15.9 Å². The van der Waals surface area contributed by atoms with Crippen LogP contribution in [-0.2, 0) is 16.1 Å². The average Bonchev–Trinajstić information content (AvgIpc) is 3.07. The van der Waals surface area contributed by atoms with Crippen molar-refractivity contribution in [3.8, 4) is 0 Å². The number of nitrogens with zero attached hydrogens (tertiary/aromatic N) is 2. The van der Waals surface area contributed by atoms with E-state index in [4.69, 9.17) is 0 Å². The minimum atomic E-state index is -0.808. The summed E-state index contributed by atoms with van der Waals surface area (Å²) in [6.07, 6.45) is 3.42. The van der Waals surface area contributed by atoms with Gasteiger partial charge in [0.05, 0.1) is 11.0 Å². The van der Waals surface area contributed by atoms with Crippen LogP contribution in [0.5, 0.6) is 0 Å². The molecule has 1 saturated heterocycles. The maximum absolute atomic E-state index is 13.2. The fourth-order valence-corrected chi connectivity index (χ4v) is 3.39. The largest absolute Gasteiger partial charge is 0.334 e. The van der Waals surface area contributed by atoms with Crippen LogP contribution in [0.25, 0.3) is 0 Å². The van der Waals surface area contributed by atoms with Gasteiger partial charge in [-0.2, -0.15) is 0 Å². The second-order valence-corrected chi connectivity index (χ2v) is 6.39. The molecule has 116 valence electrons. The molecule has 5 nitrogen and oxygen atoms in total. The van der Waals surface area contributed by atoms with Crippen molar-refractivity contribution in [2.24, 2.45) is 0 Å². The van der Waals surface area contributed by atoms with Crippen molar-refractivity contribution < 1.29 is 18.8 Å². The summed E-state index contributed by atoms with van der Waals surface area (Å²) in [6.45, 7) is -0.0362. The molecule has 2 fully saturated rings. The van der Waals surface area contributed by atoms with Gasteiger partial charge < -0.3 is 0 Å². The van der Waals surface area contributed by atoms with Gasteiger partial charge in [-0.3, -0.25) is 19.4 Å². The van der Waals surface area contributed by atoms with Crippen molar-refractivity contribution in [2.75, 3.05) is 0 Å². The first-order chi connectivity index (χ1) is 10.5. The Labute approximate surface area is 135 Å². The zero-order valence-electron chi connectivity index (χ0n) is 11.7. The molecule has 0 unspecified atom stereocenters. The minimum absolute atomic E-state index is 0.0362. The zero-order valence-corrected chi connectivity index (χ0v) is 13.3. The van der Waals surface area contributed by atoms with Crippen LogP contribution in [0.4, 0.5) is 9.18 Å². The summed E-state index contributed by atoms with van der Waals surface area (Å²) in [5.74, 6) is -1.98. The number of benzene rings is 1. The minimum Gasteiger partial charge on any atom is -0.263 e. The molecule has 0 atom stereocenters. The predicted molar refractivity (Wildman–Crippen MR) is 79.1 cm³/mol. The van der Waals surface area contributed by atoms with E-state index in [1.165, 1.54) is 18.2 Å². The van der Waals surface area contributed by atoms with Gasteiger partial charge in [0.2, 0.25) is 0 Å². The monoisotopic (exact) mass is 368 g/mol. The highest BCUT2D eigenvalue weighted by molar-refractivity contribution is 9.10. The summed E-state index contributed by atoms with van der Waals surface area (Å²) < 4.78 is 13.5. The first-order valence-electron chi connectivity index (χ1n) is 7.12. The van der Waals surface area contributed by atoms with Gasteiger partial charge >= 0.3 is 17.8 Å². The summed E-state index contributed by atoms with van der Waals surface area (Å²) in [4.78, 5) is 38.6. The maximum atomic E-state index is 13.2. The molecule has 3 rings (SSSR count). The number of rotatable bonds is 3. The smallest absolute Gasteiger partial charge is 0.263 e. The molecule has 1 heterocycles. The molecule has 2 aliphatic rings. The molecule has 1 saturated carbocycles. The Hall–Kier alpha value is -1.76.